The second-order valence-electron chi connectivity index (χ2n) is 5.87. The Hall–Kier alpha value is -2.96. The van der Waals surface area contributed by atoms with Crippen LogP contribution in [-0.2, 0) is 11.4 Å². The number of hydrogen-bond acceptors (Lipinski definition) is 5. The Morgan fingerprint density at radius 3 is 2.38 bits per heavy atom. The molecule has 1 saturated carbocycles. The van der Waals surface area contributed by atoms with Crippen LogP contribution in [0.1, 0.15) is 62.6 Å². The predicted octanol–water partition coefficient (Wildman–Crippen LogP) is 2.15. The van der Waals surface area contributed by atoms with Crippen LogP contribution in [0.4, 0.5) is 0 Å². The summed E-state index contributed by atoms with van der Waals surface area (Å²) in [4.78, 5) is 42.1. The summed E-state index contributed by atoms with van der Waals surface area (Å²) < 4.78 is 1.54. The highest BCUT2D eigenvalue weighted by atomic mass is 16.7. The summed E-state index contributed by atoms with van der Waals surface area (Å²) in [6.07, 6.45) is 2.13. The number of benzene rings is 1. The fraction of sp³-hybridized carbons (Fsp3) is 0.294. The van der Waals surface area contributed by atoms with E-state index in [9.17, 15) is 14.4 Å². The van der Waals surface area contributed by atoms with Crippen LogP contribution < -0.4 is 0 Å². The van der Waals surface area contributed by atoms with Gasteiger partial charge in [-0.3, -0.25) is 14.3 Å². The van der Waals surface area contributed by atoms with Crippen LogP contribution in [0.2, 0.25) is 0 Å². The molecule has 24 heavy (non-hydrogen) atoms. The van der Waals surface area contributed by atoms with Crippen molar-refractivity contribution in [3.63, 3.8) is 0 Å². The van der Waals surface area contributed by atoms with Crippen molar-refractivity contribution < 1.29 is 19.2 Å². The third-order valence-corrected chi connectivity index (χ3v) is 4.23. The minimum absolute atomic E-state index is 0.234. The molecule has 1 aliphatic heterocycles. The van der Waals surface area contributed by atoms with E-state index in [4.69, 9.17) is 4.84 Å². The second-order valence-corrected chi connectivity index (χ2v) is 5.87. The van der Waals surface area contributed by atoms with Crippen molar-refractivity contribution in [3.05, 3.63) is 52.8 Å². The van der Waals surface area contributed by atoms with E-state index in [1.54, 1.807) is 18.2 Å². The number of rotatable bonds is 4. The summed E-state index contributed by atoms with van der Waals surface area (Å²) in [5.41, 5.74) is 1.57. The lowest BCUT2D eigenvalue weighted by atomic mass is 10.1. The van der Waals surface area contributed by atoms with Gasteiger partial charge in [0.1, 0.15) is 5.69 Å². The van der Waals surface area contributed by atoms with Gasteiger partial charge in [-0.15, -0.1) is 0 Å². The number of imide groups is 1. The molecule has 1 aromatic carbocycles. The third kappa shape index (κ3) is 2.20. The van der Waals surface area contributed by atoms with Crippen LogP contribution in [0.5, 0.6) is 0 Å². The maximum atomic E-state index is 12.4. The van der Waals surface area contributed by atoms with Gasteiger partial charge < -0.3 is 4.84 Å². The second kappa shape index (κ2) is 5.30. The average Bonchev–Trinajstić information content (AvgIpc) is 3.32. The van der Waals surface area contributed by atoms with Crippen molar-refractivity contribution in [3.8, 4) is 0 Å². The van der Waals surface area contributed by atoms with Crippen molar-refractivity contribution in [2.45, 2.75) is 32.2 Å². The summed E-state index contributed by atoms with van der Waals surface area (Å²) in [5.74, 6) is -1.63. The first-order chi connectivity index (χ1) is 11.6. The highest BCUT2D eigenvalue weighted by Crippen LogP contribution is 2.39. The van der Waals surface area contributed by atoms with Crippen molar-refractivity contribution in [1.82, 2.24) is 14.8 Å². The third-order valence-electron chi connectivity index (χ3n) is 4.23. The molecule has 2 amide bonds. The van der Waals surface area contributed by atoms with E-state index in [1.807, 2.05) is 6.92 Å². The van der Waals surface area contributed by atoms with Gasteiger partial charge in [0.2, 0.25) is 0 Å². The van der Waals surface area contributed by atoms with Gasteiger partial charge in [-0.25, -0.2) is 4.79 Å². The molecule has 2 heterocycles. The van der Waals surface area contributed by atoms with E-state index >= 15 is 0 Å². The smallest absolute Gasteiger partial charge is 0.323 e. The molecule has 0 spiro atoms. The molecule has 122 valence electrons. The largest absolute Gasteiger partial charge is 0.381 e. The number of amides is 2. The number of nitrogens with zero attached hydrogens (tertiary/aromatic N) is 3. The first-order valence-corrected chi connectivity index (χ1v) is 7.88. The zero-order chi connectivity index (χ0) is 16.8. The summed E-state index contributed by atoms with van der Waals surface area (Å²) >= 11 is 0. The molecule has 7 heteroatoms. The molecular formula is C17H15N3O4. The van der Waals surface area contributed by atoms with Crippen LogP contribution >= 0.6 is 0 Å². The van der Waals surface area contributed by atoms with Crippen LogP contribution in [-0.4, -0.2) is 32.6 Å². The van der Waals surface area contributed by atoms with Gasteiger partial charge in [-0.05, 0) is 38.0 Å². The SMILES string of the molecule is CCn1nc(C2CC2)cc1C(=O)ON1C(=O)c2ccccc2C1=O. The van der Waals surface area contributed by atoms with E-state index in [-0.39, 0.29) is 16.8 Å². The highest BCUT2D eigenvalue weighted by molar-refractivity contribution is 6.21. The molecule has 0 atom stereocenters. The molecule has 2 aromatic rings. The Kier molecular flexibility index (Phi) is 3.23. The first-order valence-electron chi connectivity index (χ1n) is 7.88. The minimum Gasteiger partial charge on any atom is -0.323 e. The molecule has 1 aromatic heterocycles. The zero-order valence-corrected chi connectivity index (χ0v) is 13.1. The fourth-order valence-electron chi connectivity index (χ4n) is 2.80. The van der Waals surface area contributed by atoms with Crippen molar-refractivity contribution in [2.24, 2.45) is 0 Å². The first kappa shape index (κ1) is 14.6. The molecule has 7 nitrogen and oxygen atoms in total. The van der Waals surface area contributed by atoms with E-state index < -0.39 is 17.8 Å². The summed E-state index contributed by atoms with van der Waals surface area (Å²) in [6.45, 7) is 2.36. The number of hydrogen-bond donors (Lipinski definition) is 0. The number of carbonyl (C=O) groups excluding carboxylic acids is 3. The van der Waals surface area contributed by atoms with Crippen LogP contribution in [0.15, 0.2) is 30.3 Å². The number of carbonyl (C=O) groups is 3. The Labute approximate surface area is 137 Å². The number of hydroxylamine groups is 2. The van der Waals surface area contributed by atoms with E-state index in [0.717, 1.165) is 18.5 Å². The van der Waals surface area contributed by atoms with Gasteiger partial charge >= 0.3 is 5.97 Å². The van der Waals surface area contributed by atoms with Crippen molar-refractivity contribution in [2.75, 3.05) is 0 Å². The quantitative estimate of drug-likeness (QED) is 0.805. The molecule has 1 aliphatic carbocycles. The molecule has 2 aliphatic rings. The van der Waals surface area contributed by atoms with Gasteiger partial charge in [0.25, 0.3) is 11.8 Å². The molecule has 0 bridgehead atoms. The normalized spacial score (nSPS) is 16.5. The summed E-state index contributed by atoms with van der Waals surface area (Å²) in [7, 11) is 0. The van der Waals surface area contributed by atoms with Crippen LogP contribution in [0.25, 0.3) is 0 Å². The average molecular weight is 325 g/mol. The lowest BCUT2D eigenvalue weighted by molar-refractivity contribution is -0.0592. The lowest BCUT2D eigenvalue weighted by Gasteiger charge is -2.12. The van der Waals surface area contributed by atoms with Crippen molar-refractivity contribution >= 4 is 17.8 Å². The summed E-state index contributed by atoms with van der Waals surface area (Å²) in [6, 6.07) is 8.06. The standard InChI is InChI=1S/C17H15N3O4/c1-2-19-14(9-13(18-19)10-7-8-10)17(23)24-20-15(21)11-5-3-4-6-12(11)16(20)22/h3-6,9-10H,2,7-8H2,1H3. The summed E-state index contributed by atoms with van der Waals surface area (Å²) in [5, 5.41) is 4.92. The fourth-order valence-corrected chi connectivity index (χ4v) is 2.80. The Balaban J connectivity index is 1.59. The number of aryl methyl sites for hydroxylation is 1. The Morgan fingerprint density at radius 2 is 1.83 bits per heavy atom. The molecule has 0 saturated heterocycles. The number of aromatic nitrogens is 2. The van der Waals surface area contributed by atoms with E-state index in [1.165, 1.54) is 16.8 Å². The van der Waals surface area contributed by atoms with Crippen LogP contribution in [0.3, 0.4) is 0 Å². The molecule has 0 unspecified atom stereocenters. The molecule has 4 rings (SSSR count). The maximum absolute atomic E-state index is 12.4. The molecule has 0 N–H and O–H groups in total. The van der Waals surface area contributed by atoms with Crippen molar-refractivity contribution in [1.29, 1.82) is 0 Å². The zero-order valence-electron chi connectivity index (χ0n) is 13.1. The van der Waals surface area contributed by atoms with Gasteiger partial charge in [-0.2, -0.15) is 5.10 Å². The topological polar surface area (TPSA) is 81.5 Å². The molecule has 1 fully saturated rings. The maximum Gasteiger partial charge on any atom is 0.381 e. The Bertz CT molecular complexity index is 831. The minimum atomic E-state index is -0.759. The van der Waals surface area contributed by atoms with Gasteiger partial charge in [0.15, 0.2) is 0 Å². The molecular weight excluding hydrogens is 310 g/mol. The highest BCUT2D eigenvalue weighted by Gasteiger charge is 2.39. The monoisotopic (exact) mass is 325 g/mol. The van der Waals surface area contributed by atoms with Crippen LogP contribution in [0, 0.1) is 0 Å². The van der Waals surface area contributed by atoms with Gasteiger partial charge in [-0.1, -0.05) is 17.2 Å². The predicted molar refractivity (Wildman–Crippen MR) is 82.2 cm³/mol. The van der Waals surface area contributed by atoms with Gasteiger partial charge in [0, 0.05) is 12.5 Å². The van der Waals surface area contributed by atoms with Gasteiger partial charge in [0.05, 0.1) is 16.8 Å². The molecule has 0 radical (unpaired) electrons. The van der Waals surface area contributed by atoms with E-state index in [0.29, 0.717) is 17.5 Å². The number of fused-ring (bicyclic) bond motifs is 1. The lowest BCUT2D eigenvalue weighted by Crippen LogP contribution is -2.33. The van der Waals surface area contributed by atoms with E-state index in [2.05, 4.69) is 5.10 Å². The Morgan fingerprint density at radius 1 is 1.21 bits per heavy atom.